The number of hydrogen-bond donors (Lipinski definition) is 0. The van der Waals surface area contributed by atoms with Crippen LogP contribution >= 0.6 is 0 Å². The number of hydrogen-bond acceptors (Lipinski definition) is 5. The van der Waals surface area contributed by atoms with Gasteiger partial charge in [0, 0.05) is 51.0 Å². The molecular weight excluding hydrogens is 395 g/mol. The Labute approximate surface area is 167 Å². The zero-order chi connectivity index (χ0) is 21.3. The molecule has 0 bridgehead atoms. The van der Waals surface area contributed by atoms with Crippen LogP contribution in [0.5, 0.6) is 0 Å². The summed E-state index contributed by atoms with van der Waals surface area (Å²) in [6.07, 6.45) is 1.68. The molecule has 29 heavy (non-hydrogen) atoms. The van der Waals surface area contributed by atoms with Crippen LogP contribution in [0.25, 0.3) is 22.2 Å². The van der Waals surface area contributed by atoms with Crippen molar-refractivity contribution in [3.05, 3.63) is 56.7 Å². The number of aromatic nitrogens is 3. The molecule has 2 aromatic heterocycles. The number of nitro groups is 1. The van der Waals surface area contributed by atoms with Gasteiger partial charge in [-0.1, -0.05) is 19.6 Å². The Morgan fingerprint density at radius 3 is 2.66 bits per heavy atom. The Kier molecular flexibility index (Phi) is 5.67. The topological polar surface area (TPSA) is 92.2 Å². The third-order valence-electron chi connectivity index (χ3n) is 4.61. The quantitative estimate of drug-likeness (QED) is 0.252. The smallest absolute Gasteiger partial charge is 0.291 e. The van der Waals surface area contributed by atoms with E-state index in [2.05, 4.69) is 24.7 Å². The Hall–Kier alpha value is -2.85. The van der Waals surface area contributed by atoms with Gasteiger partial charge in [0.05, 0.1) is 4.92 Å². The van der Waals surface area contributed by atoms with E-state index in [1.54, 1.807) is 16.8 Å². The van der Waals surface area contributed by atoms with Crippen LogP contribution in [0.3, 0.4) is 0 Å². The van der Waals surface area contributed by atoms with E-state index in [0.717, 1.165) is 28.9 Å². The van der Waals surface area contributed by atoms with Gasteiger partial charge in [-0.25, -0.2) is 9.07 Å². The summed E-state index contributed by atoms with van der Waals surface area (Å²) in [6, 6.07) is 5.90. The van der Waals surface area contributed by atoms with Crippen molar-refractivity contribution in [3.63, 3.8) is 0 Å². The molecule has 1 aromatic carbocycles. The molecule has 0 amide bonds. The van der Waals surface area contributed by atoms with Crippen LogP contribution < -0.4 is 5.56 Å². The normalized spacial score (nSPS) is 11.9. The maximum absolute atomic E-state index is 14.5. The van der Waals surface area contributed by atoms with Crippen molar-refractivity contribution in [2.75, 3.05) is 6.61 Å². The molecule has 0 spiro atoms. The van der Waals surface area contributed by atoms with Gasteiger partial charge < -0.3 is 9.30 Å². The lowest BCUT2D eigenvalue weighted by Gasteiger charge is -2.16. The van der Waals surface area contributed by atoms with Crippen molar-refractivity contribution in [1.29, 1.82) is 0 Å². The van der Waals surface area contributed by atoms with Gasteiger partial charge in [0.25, 0.3) is 11.2 Å². The molecular formula is C19H23FN4O4Si. The maximum atomic E-state index is 14.5. The highest BCUT2D eigenvalue weighted by molar-refractivity contribution is 6.76. The van der Waals surface area contributed by atoms with E-state index in [1.807, 2.05) is 0 Å². The summed E-state index contributed by atoms with van der Waals surface area (Å²) in [6.45, 7) is 7.53. The molecule has 10 heteroatoms. The first-order valence-electron chi connectivity index (χ1n) is 9.17. The molecule has 0 aliphatic rings. The summed E-state index contributed by atoms with van der Waals surface area (Å²) in [5, 5.41) is 15.7. The number of aryl methyl sites for hydroxylation is 1. The highest BCUT2D eigenvalue weighted by atomic mass is 28.3. The number of rotatable bonds is 7. The van der Waals surface area contributed by atoms with E-state index >= 15 is 0 Å². The number of halogens is 1. The molecule has 0 fully saturated rings. The monoisotopic (exact) mass is 418 g/mol. The lowest BCUT2D eigenvalue weighted by Crippen LogP contribution is -2.24. The zero-order valence-corrected chi connectivity index (χ0v) is 17.8. The van der Waals surface area contributed by atoms with E-state index in [1.165, 1.54) is 7.05 Å². The number of ether oxygens (including phenoxy) is 1. The fourth-order valence-corrected chi connectivity index (χ4v) is 3.72. The van der Waals surface area contributed by atoms with Gasteiger partial charge in [-0.3, -0.25) is 14.9 Å². The van der Waals surface area contributed by atoms with E-state index in [0.29, 0.717) is 17.5 Å². The molecule has 3 rings (SSSR count). The van der Waals surface area contributed by atoms with Crippen molar-refractivity contribution in [2.24, 2.45) is 7.05 Å². The van der Waals surface area contributed by atoms with Gasteiger partial charge in [-0.2, -0.15) is 5.10 Å². The highest BCUT2D eigenvalue weighted by Crippen LogP contribution is 2.30. The molecule has 0 atom stereocenters. The fraction of sp³-hybridized carbons (Fsp3) is 0.368. The van der Waals surface area contributed by atoms with Gasteiger partial charge in [0.15, 0.2) is 0 Å². The molecule has 0 aliphatic heterocycles. The second-order valence-corrected chi connectivity index (χ2v) is 13.7. The van der Waals surface area contributed by atoms with Crippen LogP contribution in [-0.2, 0) is 18.5 Å². The van der Waals surface area contributed by atoms with Crippen molar-refractivity contribution >= 4 is 24.7 Å². The summed E-state index contributed by atoms with van der Waals surface area (Å²) in [5.74, 6) is -0.651. The van der Waals surface area contributed by atoms with Crippen molar-refractivity contribution in [2.45, 2.75) is 32.4 Å². The average molecular weight is 419 g/mol. The molecule has 0 N–H and O–H groups in total. The highest BCUT2D eigenvalue weighted by Gasteiger charge is 2.20. The van der Waals surface area contributed by atoms with Crippen molar-refractivity contribution < 1.29 is 14.1 Å². The SMILES string of the molecule is Cn1nc(-c2cc([N+](=O)[O-])ccc2F)c2ccn(COCC[Si](C)(C)C)c2c1=O. The number of nitrogens with zero attached hydrogens (tertiary/aromatic N) is 4. The zero-order valence-electron chi connectivity index (χ0n) is 16.8. The Bertz CT molecular complexity index is 1130. The minimum Gasteiger partial charge on any atom is -0.361 e. The molecule has 8 nitrogen and oxygen atoms in total. The summed E-state index contributed by atoms with van der Waals surface area (Å²) < 4.78 is 23.0. The summed E-state index contributed by atoms with van der Waals surface area (Å²) >= 11 is 0. The predicted octanol–water partition coefficient (Wildman–Crippen LogP) is 3.76. The first kappa shape index (κ1) is 20.9. The fourth-order valence-electron chi connectivity index (χ4n) is 2.96. The molecule has 0 saturated carbocycles. The second-order valence-electron chi connectivity index (χ2n) is 8.09. The second kappa shape index (κ2) is 7.88. The van der Waals surface area contributed by atoms with Crippen molar-refractivity contribution in [3.8, 4) is 11.3 Å². The average Bonchev–Trinajstić information content (AvgIpc) is 3.05. The van der Waals surface area contributed by atoms with Crippen LogP contribution in [-0.4, -0.2) is 34.0 Å². The van der Waals surface area contributed by atoms with Crippen molar-refractivity contribution in [1.82, 2.24) is 14.3 Å². The number of benzene rings is 1. The van der Waals surface area contributed by atoms with E-state index < -0.39 is 18.8 Å². The Balaban J connectivity index is 2.05. The number of fused-ring (bicyclic) bond motifs is 1. The minimum absolute atomic E-state index is 0.0304. The van der Waals surface area contributed by atoms with Crippen LogP contribution in [0.4, 0.5) is 10.1 Å². The predicted molar refractivity (Wildman–Crippen MR) is 111 cm³/mol. The van der Waals surface area contributed by atoms with Crippen LogP contribution in [0, 0.1) is 15.9 Å². The first-order valence-corrected chi connectivity index (χ1v) is 12.9. The third-order valence-corrected chi connectivity index (χ3v) is 6.31. The molecule has 3 aromatic rings. The van der Waals surface area contributed by atoms with E-state index in [4.69, 9.17) is 4.74 Å². The number of nitro benzene ring substituents is 1. The third kappa shape index (κ3) is 4.43. The molecule has 154 valence electrons. The van der Waals surface area contributed by atoms with E-state index in [-0.39, 0.29) is 29.2 Å². The molecule has 0 aliphatic carbocycles. The van der Waals surface area contributed by atoms with Crippen LogP contribution in [0.15, 0.2) is 35.3 Å². The molecule has 0 unspecified atom stereocenters. The van der Waals surface area contributed by atoms with E-state index in [9.17, 15) is 19.3 Å². The Morgan fingerprint density at radius 1 is 1.28 bits per heavy atom. The summed E-state index contributed by atoms with van der Waals surface area (Å²) in [4.78, 5) is 23.2. The largest absolute Gasteiger partial charge is 0.361 e. The van der Waals surface area contributed by atoms with Crippen LogP contribution in [0.2, 0.25) is 25.7 Å². The van der Waals surface area contributed by atoms with Gasteiger partial charge in [0.1, 0.15) is 23.8 Å². The molecule has 2 heterocycles. The summed E-state index contributed by atoms with van der Waals surface area (Å²) in [7, 11) is 0.229. The van der Waals surface area contributed by atoms with Gasteiger partial charge >= 0.3 is 0 Å². The maximum Gasteiger partial charge on any atom is 0.291 e. The summed E-state index contributed by atoms with van der Waals surface area (Å²) in [5.41, 5.74) is -0.148. The van der Waals surface area contributed by atoms with Crippen LogP contribution in [0.1, 0.15) is 0 Å². The van der Waals surface area contributed by atoms with Gasteiger partial charge in [0.2, 0.25) is 0 Å². The molecule has 0 radical (unpaired) electrons. The lowest BCUT2D eigenvalue weighted by atomic mass is 10.1. The van der Waals surface area contributed by atoms with Gasteiger partial charge in [-0.05, 0) is 18.2 Å². The van der Waals surface area contributed by atoms with Gasteiger partial charge in [-0.15, -0.1) is 0 Å². The number of non-ortho nitro benzene ring substituents is 1. The minimum atomic E-state index is -1.23. The first-order chi connectivity index (χ1) is 13.6. The Morgan fingerprint density at radius 2 is 2.00 bits per heavy atom. The standard InChI is InChI=1S/C19H23FN4O4Si/c1-22-19(25)18-14(7-8-23(18)12-28-9-10-29(2,3)4)17(21-22)15-11-13(24(26)27)5-6-16(15)20/h5-8,11H,9-10,12H2,1-4H3. The molecule has 0 saturated heterocycles. The lowest BCUT2D eigenvalue weighted by molar-refractivity contribution is -0.384.